The molecule has 1 aromatic rings. The van der Waals surface area contributed by atoms with Gasteiger partial charge in [-0.3, -0.25) is 10.1 Å². The van der Waals surface area contributed by atoms with E-state index in [1.165, 1.54) is 6.07 Å². The molecule has 0 amide bonds. The first-order valence-electron chi connectivity index (χ1n) is 6.30. The molecule has 0 unspecified atom stereocenters. The Morgan fingerprint density at radius 1 is 1.47 bits per heavy atom. The Morgan fingerprint density at radius 3 is 2.63 bits per heavy atom. The number of hydrogen-bond acceptors (Lipinski definition) is 5. The molecule has 6 heteroatoms. The molecule has 1 N–H and O–H groups in total. The van der Waals surface area contributed by atoms with Crippen molar-refractivity contribution in [3.05, 3.63) is 28.3 Å². The normalized spacial score (nSPS) is 10.6. The molecule has 0 atom stereocenters. The molecule has 0 radical (unpaired) electrons. The second-order valence-corrected chi connectivity index (χ2v) is 4.35. The largest absolute Gasteiger partial charge is 0.487 e. The van der Waals surface area contributed by atoms with E-state index >= 15 is 0 Å². The molecular weight excluding hydrogens is 248 g/mol. The zero-order valence-corrected chi connectivity index (χ0v) is 11.5. The molecule has 0 aromatic heterocycles. The Hall–Kier alpha value is -1.82. The number of nitro groups is 1. The van der Waals surface area contributed by atoms with Gasteiger partial charge in [-0.1, -0.05) is 0 Å². The predicted molar refractivity (Wildman–Crippen MR) is 73.8 cm³/mol. The summed E-state index contributed by atoms with van der Waals surface area (Å²) in [5, 5.41) is 20.0. The fourth-order valence-electron chi connectivity index (χ4n) is 1.90. The van der Waals surface area contributed by atoms with Gasteiger partial charge in [-0.05, 0) is 26.8 Å². The Morgan fingerprint density at radius 2 is 2.16 bits per heavy atom. The van der Waals surface area contributed by atoms with Gasteiger partial charge in [-0.15, -0.1) is 0 Å². The molecule has 6 nitrogen and oxygen atoms in total. The number of ether oxygens (including phenoxy) is 1. The molecule has 0 aliphatic heterocycles. The highest BCUT2D eigenvalue weighted by molar-refractivity contribution is 5.59. The lowest BCUT2D eigenvalue weighted by Crippen LogP contribution is -2.33. The first-order chi connectivity index (χ1) is 9.01. The highest BCUT2D eigenvalue weighted by atomic mass is 16.6. The Labute approximate surface area is 112 Å². The van der Waals surface area contributed by atoms with E-state index in [0.29, 0.717) is 13.2 Å². The minimum absolute atomic E-state index is 0.0269. The summed E-state index contributed by atoms with van der Waals surface area (Å²) >= 11 is 0. The van der Waals surface area contributed by atoms with E-state index < -0.39 is 4.92 Å². The van der Waals surface area contributed by atoms with Crippen molar-refractivity contribution in [1.82, 2.24) is 0 Å². The van der Waals surface area contributed by atoms with Gasteiger partial charge in [-0.2, -0.15) is 0 Å². The number of hydrogen-bond donors (Lipinski definition) is 1. The smallest absolute Gasteiger partial charge is 0.311 e. The topological polar surface area (TPSA) is 75.8 Å². The summed E-state index contributed by atoms with van der Waals surface area (Å²) in [4.78, 5) is 12.4. The minimum Gasteiger partial charge on any atom is -0.487 e. The van der Waals surface area contributed by atoms with Gasteiger partial charge in [-0.25, -0.2) is 0 Å². The van der Waals surface area contributed by atoms with Gasteiger partial charge in [0.15, 0.2) is 5.75 Å². The Kier molecular flexibility index (Phi) is 5.57. The number of nitro benzene ring substituents is 1. The minimum atomic E-state index is -0.458. The van der Waals surface area contributed by atoms with Gasteiger partial charge < -0.3 is 14.7 Å². The first-order valence-corrected chi connectivity index (χ1v) is 6.30. The average molecular weight is 268 g/mol. The molecule has 0 aliphatic rings. The van der Waals surface area contributed by atoms with Crippen molar-refractivity contribution in [2.75, 3.05) is 24.7 Å². The van der Waals surface area contributed by atoms with Crippen LogP contribution >= 0.6 is 0 Å². The highest BCUT2D eigenvalue weighted by Crippen LogP contribution is 2.32. The van der Waals surface area contributed by atoms with Gasteiger partial charge >= 0.3 is 5.69 Å². The predicted octanol–water partition coefficient (Wildman–Crippen LogP) is 2.20. The summed E-state index contributed by atoms with van der Waals surface area (Å²) in [5.74, 6) is 0.258. The van der Waals surface area contributed by atoms with E-state index in [9.17, 15) is 10.1 Å². The molecule has 0 saturated carbocycles. The molecule has 0 aliphatic carbocycles. The van der Waals surface area contributed by atoms with Crippen molar-refractivity contribution in [3.63, 3.8) is 0 Å². The van der Waals surface area contributed by atoms with Crippen LogP contribution in [0.3, 0.4) is 0 Å². The van der Waals surface area contributed by atoms with Crippen LogP contribution in [0.4, 0.5) is 11.4 Å². The van der Waals surface area contributed by atoms with Crippen LogP contribution in [0.5, 0.6) is 5.75 Å². The average Bonchev–Trinajstić information content (AvgIpc) is 2.35. The molecule has 1 rings (SSSR count). The molecule has 0 saturated heterocycles. The third-order valence-corrected chi connectivity index (χ3v) is 2.74. The Bertz CT molecular complexity index is 435. The van der Waals surface area contributed by atoms with Crippen LogP contribution in [-0.2, 0) is 0 Å². The fraction of sp³-hybridized carbons (Fsp3) is 0.538. The van der Waals surface area contributed by atoms with Crippen LogP contribution in [0.15, 0.2) is 18.2 Å². The van der Waals surface area contributed by atoms with Crippen LogP contribution in [0.25, 0.3) is 0 Å². The number of benzene rings is 1. The van der Waals surface area contributed by atoms with E-state index in [4.69, 9.17) is 9.84 Å². The molecule has 1 aromatic carbocycles. The van der Waals surface area contributed by atoms with Crippen LogP contribution < -0.4 is 9.64 Å². The van der Waals surface area contributed by atoms with Crippen LogP contribution in [0.2, 0.25) is 0 Å². The van der Waals surface area contributed by atoms with Gasteiger partial charge in [0.25, 0.3) is 0 Å². The number of anilines is 1. The summed E-state index contributed by atoms with van der Waals surface area (Å²) in [7, 11) is 0. The van der Waals surface area contributed by atoms with Gasteiger partial charge in [0.2, 0.25) is 0 Å². The van der Waals surface area contributed by atoms with E-state index in [1.807, 2.05) is 18.7 Å². The molecule has 0 spiro atoms. The van der Waals surface area contributed by atoms with Crippen molar-refractivity contribution >= 4 is 11.4 Å². The van der Waals surface area contributed by atoms with Crippen molar-refractivity contribution in [2.45, 2.75) is 26.8 Å². The second kappa shape index (κ2) is 6.94. The van der Waals surface area contributed by atoms with Crippen LogP contribution in [0, 0.1) is 10.1 Å². The molecule has 106 valence electrons. The van der Waals surface area contributed by atoms with Crippen molar-refractivity contribution < 1.29 is 14.8 Å². The maximum absolute atomic E-state index is 10.9. The SMILES string of the molecule is CCOc1cc(N(CCO)C(C)C)ccc1[N+](=O)[O-]. The molecule has 19 heavy (non-hydrogen) atoms. The van der Waals surface area contributed by atoms with Crippen LogP contribution in [0.1, 0.15) is 20.8 Å². The summed E-state index contributed by atoms with van der Waals surface area (Å²) < 4.78 is 5.32. The lowest BCUT2D eigenvalue weighted by atomic mass is 10.2. The second-order valence-electron chi connectivity index (χ2n) is 4.35. The summed E-state index contributed by atoms with van der Waals surface area (Å²) in [6.07, 6.45) is 0. The zero-order chi connectivity index (χ0) is 14.4. The third kappa shape index (κ3) is 3.82. The molecule has 0 heterocycles. The summed E-state index contributed by atoms with van der Waals surface area (Å²) in [6.45, 7) is 6.64. The molecule has 0 bridgehead atoms. The maximum atomic E-state index is 10.9. The maximum Gasteiger partial charge on any atom is 0.311 e. The van der Waals surface area contributed by atoms with Crippen molar-refractivity contribution in [2.24, 2.45) is 0 Å². The standard InChI is InChI=1S/C13H20N2O4/c1-4-19-13-9-11(5-6-12(13)15(17)18)14(7-8-16)10(2)3/h5-6,9-10,16H,4,7-8H2,1-3H3. The van der Waals surface area contributed by atoms with Gasteiger partial charge in [0.05, 0.1) is 18.1 Å². The lowest BCUT2D eigenvalue weighted by Gasteiger charge is -2.28. The van der Waals surface area contributed by atoms with Crippen LogP contribution in [-0.4, -0.2) is 35.8 Å². The third-order valence-electron chi connectivity index (χ3n) is 2.74. The summed E-state index contributed by atoms with van der Waals surface area (Å²) in [5.41, 5.74) is 0.761. The monoisotopic (exact) mass is 268 g/mol. The molecular formula is C13H20N2O4. The van der Waals surface area contributed by atoms with Gasteiger partial charge in [0.1, 0.15) is 0 Å². The number of rotatable bonds is 7. The Balaban J connectivity index is 3.15. The highest BCUT2D eigenvalue weighted by Gasteiger charge is 2.18. The lowest BCUT2D eigenvalue weighted by molar-refractivity contribution is -0.385. The number of aliphatic hydroxyl groups excluding tert-OH is 1. The van der Waals surface area contributed by atoms with Gasteiger partial charge in [0, 0.05) is 30.4 Å². The molecule has 0 fully saturated rings. The first kappa shape index (κ1) is 15.2. The van der Waals surface area contributed by atoms with E-state index in [0.717, 1.165) is 5.69 Å². The van der Waals surface area contributed by atoms with Crippen molar-refractivity contribution in [3.8, 4) is 5.75 Å². The van der Waals surface area contributed by atoms with E-state index in [2.05, 4.69) is 0 Å². The van der Waals surface area contributed by atoms with E-state index in [1.54, 1.807) is 19.1 Å². The van der Waals surface area contributed by atoms with E-state index in [-0.39, 0.29) is 24.1 Å². The fourth-order valence-corrected chi connectivity index (χ4v) is 1.90. The quantitative estimate of drug-likeness (QED) is 0.606. The van der Waals surface area contributed by atoms with Crippen molar-refractivity contribution in [1.29, 1.82) is 0 Å². The number of nitrogens with zero attached hydrogens (tertiary/aromatic N) is 2. The number of aliphatic hydroxyl groups is 1. The zero-order valence-electron chi connectivity index (χ0n) is 11.5. The summed E-state index contributed by atoms with van der Waals surface area (Å²) in [6, 6.07) is 4.95.